The van der Waals surface area contributed by atoms with Gasteiger partial charge in [0, 0.05) is 21.5 Å². The van der Waals surface area contributed by atoms with Crippen molar-refractivity contribution in [3.8, 4) is 0 Å². The molecule has 0 spiro atoms. The number of nitrogens with one attached hydrogen (secondary N) is 2. The highest BCUT2D eigenvalue weighted by Gasteiger charge is 2.13. The average Bonchev–Trinajstić information content (AvgIpc) is 2.76. The van der Waals surface area contributed by atoms with E-state index in [0.29, 0.717) is 26.1 Å². The number of fused-ring (bicyclic) bond motifs is 1. The lowest BCUT2D eigenvalue weighted by Crippen LogP contribution is -2.04. The molecule has 0 aliphatic rings. The normalized spacial score (nSPS) is 11.0. The number of H-pyrrole nitrogens is 2. The summed E-state index contributed by atoms with van der Waals surface area (Å²) in [7, 11) is 0. The van der Waals surface area contributed by atoms with E-state index < -0.39 is 0 Å². The van der Waals surface area contributed by atoms with E-state index in [2.05, 4.69) is 25.9 Å². The van der Waals surface area contributed by atoms with Crippen LogP contribution >= 0.6 is 27.5 Å². The summed E-state index contributed by atoms with van der Waals surface area (Å²) >= 11 is 9.29. The van der Waals surface area contributed by atoms with Crippen molar-refractivity contribution in [2.45, 2.75) is 6.42 Å². The van der Waals surface area contributed by atoms with Crippen molar-refractivity contribution >= 4 is 44.3 Å². The molecule has 6 heteroatoms. The van der Waals surface area contributed by atoms with Crippen LogP contribution in [0.15, 0.2) is 45.7 Å². The van der Waals surface area contributed by atoms with Crippen LogP contribution in [0.3, 0.4) is 0 Å². The van der Waals surface area contributed by atoms with Crippen LogP contribution in [0.25, 0.3) is 11.0 Å². The predicted molar refractivity (Wildman–Crippen MR) is 86.1 cm³/mol. The van der Waals surface area contributed by atoms with Gasteiger partial charge in [0.15, 0.2) is 5.78 Å². The molecule has 0 aliphatic heterocycles. The van der Waals surface area contributed by atoms with Crippen molar-refractivity contribution < 1.29 is 4.79 Å². The lowest BCUT2D eigenvalue weighted by Gasteiger charge is -2.05. The van der Waals surface area contributed by atoms with E-state index in [4.69, 9.17) is 11.6 Å². The highest BCUT2D eigenvalue weighted by Crippen LogP contribution is 2.23. The quantitative estimate of drug-likeness (QED) is 0.695. The molecule has 2 N–H and O–H groups in total. The summed E-state index contributed by atoms with van der Waals surface area (Å²) in [6, 6.07) is 10.6. The van der Waals surface area contributed by atoms with Gasteiger partial charge in [-0.05, 0) is 45.8 Å². The van der Waals surface area contributed by atoms with Crippen LogP contribution in [0.4, 0.5) is 0 Å². The number of halogens is 2. The van der Waals surface area contributed by atoms with E-state index in [1.807, 2.05) is 12.1 Å². The number of rotatable bonds is 3. The summed E-state index contributed by atoms with van der Waals surface area (Å²) in [6.07, 6.45) is 0.249. The third-order valence-electron chi connectivity index (χ3n) is 3.16. The molecule has 3 rings (SSSR count). The van der Waals surface area contributed by atoms with Gasteiger partial charge in [0.2, 0.25) is 0 Å². The van der Waals surface area contributed by atoms with Crippen molar-refractivity contribution in [1.82, 2.24) is 9.97 Å². The summed E-state index contributed by atoms with van der Waals surface area (Å²) in [5.41, 5.74) is 2.35. The maximum absolute atomic E-state index is 12.4. The zero-order valence-electron chi connectivity index (χ0n) is 10.7. The Balaban J connectivity index is 1.97. The van der Waals surface area contributed by atoms with Crippen LogP contribution in [0.2, 0.25) is 5.02 Å². The third-order valence-corrected chi connectivity index (χ3v) is 4.05. The van der Waals surface area contributed by atoms with E-state index >= 15 is 0 Å². The van der Waals surface area contributed by atoms with E-state index in [-0.39, 0.29) is 17.9 Å². The standard InChI is InChI=1S/C15H10BrClN2O2/c16-11-7-13-12(18-15(21)19-13)6-10(11)14(20)5-8-2-1-3-9(17)4-8/h1-4,6-7H,5H2,(H2,18,19,21). The van der Waals surface area contributed by atoms with Crippen LogP contribution in [0, 0.1) is 0 Å². The summed E-state index contributed by atoms with van der Waals surface area (Å²) in [6.45, 7) is 0. The maximum Gasteiger partial charge on any atom is 0.323 e. The molecule has 0 saturated heterocycles. The van der Waals surface area contributed by atoms with Crippen LogP contribution in [-0.4, -0.2) is 15.8 Å². The molecule has 0 saturated carbocycles. The fourth-order valence-corrected chi connectivity index (χ4v) is 2.97. The molecular weight excluding hydrogens is 356 g/mol. The largest absolute Gasteiger partial charge is 0.323 e. The molecule has 1 aromatic heterocycles. The number of aromatic nitrogens is 2. The van der Waals surface area contributed by atoms with Crippen LogP contribution in [-0.2, 0) is 6.42 Å². The van der Waals surface area contributed by atoms with Gasteiger partial charge in [0.1, 0.15) is 0 Å². The fraction of sp³-hybridized carbons (Fsp3) is 0.0667. The van der Waals surface area contributed by atoms with Gasteiger partial charge in [-0.15, -0.1) is 0 Å². The first-order chi connectivity index (χ1) is 10.0. The fourth-order valence-electron chi connectivity index (χ4n) is 2.20. The molecule has 0 unspecified atom stereocenters. The summed E-state index contributed by atoms with van der Waals surface area (Å²) < 4.78 is 0.650. The molecule has 0 aliphatic carbocycles. The minimum Gasteiger partial charge on any atom is -0.306 e. The van der Waals surface area contributed by atoms with Crippen LogP contribution < -0.4 is 5.69 Å². The molecule has 0 fully saturated rings. The number of imidazole rings is 1. The number of carbonyl (C=O) groups excluding carboxylic acids is 1. The minimum absolute atomic E-state index is 0.0481. The molecular formula is C15H10BrClN2O2. The number of aromatic amines is 2. The number of hydrogen-bond acceptors (Lipinski definition) is 2. The Kier molecular flexibility index (Phi) is 3.69. The highest BCUT2D eigenvalue weighted by atomic mass is 79.9. The first-order valence-corrected chi connectivity index (χ1v) is 7.39. The number of hydrogen-bond donors (Lipinski definition) is 2. The maximum atomic E-state index is 12.4. The van der Waals surface area contributed by atoms with Gasteiger partial charge in [-0.1, -0.05) is 23.7 Å². The molecule has 4 nitrogen and oxygen atoms in total. The monoisotopic (exact) mass is 364 g/mol. The number of ketones is 1. The molecule has 0 bridgehead atoms. The first-order valence-electron chi connectivity index (χ1n) is 6.22. The Morgan fingerprint density at radius 3 is 2.57 bits per heavy atom. The van der Waals surface area contributed by atoms with E-state index in [9.17, 15) is 9.59 Å². The topological polar surface area (TPSA) is 65.7 Å². The predicted octanol–water partition coefficient (Wildman–Crippen LogP) is 3.70. The van der Waals surface area contributed by atoms with Gasteiger partial charge >= 0.3 is 5.69 Å². The Morgan fingerprint density at radius 2 is 1.86 bits per heavy atom. The number of benzene rings is 2. The van der Waals surface area contributed by atoms with Gasteiger partial charge in [0.05, 0.1) is 11.0 Å². The van der Waals surface area contributed by atoms with Crippen LogP contribution in [0.5, 0.6) is 0 Å². The second-order valence-electron chi connectivity index (χ2n) is 4.69. The van der Waals surface area contributed by atoms with Gasteiger partial charge in [-0.3, -0.25) is 4.79 Å². The Labute approximate surface area is 133 Å². The Bertz CT molecular complexity index is 898. The van der Waals surface area contributed by atoms with Gasteiger partial charge in [-0.2, -0.15) is 0 Å². The van der Waals surface area contributed by atoms with E-state index in [0.717, 1.165) is 5.56 Å². The van der Waals surface area contributed by atoms with Crippen molar-refractivity contribution in [3.63, 3.8) is 0 Å². The molecule has 2 aromatic carbocycles. The van der Waals surface area contributed by atoms with Gasteiger partial charge in [0.25, 0.3) is 0 Å². The van der Waals surface area contributed by atoms with Crippen molar-refractivity contribution in [2.75, 3.05) is 0 Å². The van der Waals surface area contributed by atoms with E-state index in [1.165, 1.54) is 0 Å². The molecule has 106 valence electrons. The van der Waals surface area contributed by atoms with Crippen LogP contribution in [0.1, 0.15) is 15.9 Å². The second kappa shape index (κ2) is 5.50. The Morgan fingerprint density at radius 1 is 1.14 bits per heavy atom. The number of carbonyl (C=O) groups is 1. The summed E-state index contributed by atoms with van der Waals surface area (Å²) in [5.74, 6) is -0.0481. The molecule has 3 aromatic rings. The van der Waals surface area contributed by atoms with Gasteiger partial charge < -0.3 is 9.97 Å². The second-order valence-corrected chi connectivity index (χ2v) is 5.98. The van der Waals surface area contributed by atoms with Crippen molar-refractivity contribution in [1.29, 1.82) is 0 Å². The minimum atomic E-state index is -0.295. The first kappa shape index (κ1) is 14.1. The van der Waals surface area contributed by atoms with Crippen molar-refractivity contribution in [2.24, 2.45) is 0 Å². The summed E-state index contributed by atoms with van der Waals surface area (Å²) in [4.78, 5) is 29.0. The number of Topliss-reactive ketones (excluding diaryl/α,β-unsaturated/α-hetero) is 1. The molecule has 21 heavy (non-hydrogen) atoms. The zero-order valence-corrected chi connectivity index (χ0v) is 13.1. The third kappa shape index (κ3) is 2.94. The lowest BCUT2D eigenvalue weighted by atomic mass is 10.0. The lowest BCUT2D eigenvalue weighted by molar-refractivity contribution is 0.0992. The highest BCUT2D eigenvalue weighted by molar-refractivity contribution is 9.10. The molecule has 0 atom stereocenters. The van der Waals surface area contributed by atoms with E-state index in [1.54, 1.807) is 24.3 Å². The summed E-state index contributed by atoms with van der Waals surface area (Å²) in [5, 5.41) is 0.602. The van der Waals surface area contributed by atoms with Gasteiger partial charge in [-0.25, -0.2) is 4.79 Å². The zero-order chi connectivity index (χ0) is 15.0. The SMILES string of the molecule is O=C(Cc1cccc(Cl)c1)c1cc2[nH]c(=O)[nH]c2cc1Br. The molecule has 1 heterocycles. The Hall–Kier alpha value is -1.85. The van der Waals surface area contributed by atoms with Crippen molar-refractivity contribution in [3.05, 3.63) is 67.5 Å². The molecule has 0 amide bonds. The molecule has 0 radical (unpaired) electrons. The smallest absolute Gasteiger partial charge is 0.306 e. The average molecular weight is 366 g/mol.